The molecule has 1 fully saturated rings. The normalized spacial score (nSPS) is 18.4. The van der Waals surface area contributed by atoms with Crippen molar-refractivity contribution in [2.24, 2.45) is 0 Å². The molecule has 0 radical (unpaired) electrons. The maximum absolute atomic E-state index is 13.3. The number of thiophene rings is 1. The molecule has 2 rings (SSSR count). The van der Waals surface area contributed by atoms with Gasteiger partial charge in [-0.15, -0.1) is 11.3 Å². The zero-order valence-electron chi connectivity index (χ0n) is 13.7. The van der Waals surface area contributed by atoms with E-state index in [1.807, 2.05) is 0 Å². The van der Waals surface area contributed by atoms with Crippen molar-refractivity contribution in [2.75, 3.05) is 32.7 Å². The van der Waals surface area contributed by atoms with Gasteiger partial charge in [0.15, 0.2) is 0 Å². The van der Waals surface area contributed by atoms with Gasteiger partial charge < -0.3 is 16.0 Å². The molecule has 2 amide bonds. The zero-order valence-corrected chi connectivity index (χ0v) is 14.5. The topological polar surface area (TPSA) is 73.5 Å². The standard InChI is InChI=1S/C15H21F3N4O2S/c1-10(21-14(24)11-3-2-8-25-11)13(23)20-9-12(15(16,17)18)22-6-4-19-5-7-22/h2-3,8,10,12,19H,4-7,9H2,1H3,(H,20,23)(H,21,24). The first-order chi connectivity index (χ1) is 11.8. The minimum Gasteiger partial charge on any atom is -0.352 e. The van der Waals surface area contributed by atoms with E-state index >= 15 is 0 Å². The third kappa shape index (κ3) is 5.68. The number of nitrogens with zero attached hydrogens (tertiary/aromatic N) is 1. The van der Waals surface area contributed by atoms with Gasteiger partial charge in [0, 0.05) is 32.7 Å². The number of alkyl halides is 3. The van der Waals surface area contributed by atoms with Gasteiger partial charge in [0.25, 0.3) is 5.91 Å². The van der Waals surface area contributed by atoms with Crippen LogP contribution in [0.3, 0.4) is 0 Å². The molecule has 2 heterocycles. The Balaban J connectivity index is 1.88. The Morgan fingerprint density at radius 1 is 1.36 bits per heavy atom. The highest BCUT2D eigenvalue weighted by molar-refractivity contribution is 7.12. The van der Waals surface area contributed by atoms with Crippen LogP contribution in [0.2, 0.25) is 0 Å². The quantitative estimate of drug-likeness (QED) is 0.685. The van der Waals surface area contributed by atoms with E-state index in [0.717, 1.165) is 0 Å². The molecule has 10 heteroatoms. The number of amides is 2. The number of halogens is 3. The minimum atomic E-state index is -4.44. The molecule has 1 aliphatic rings. The Labute approximate surface area is 147 Å². The third-order valence-electron chi connectivity index (χ3n) is 3.93. The van der Waals surface area contributed by atoms with Crippen molar-refractivity contribution in [1.82, 2.24) is 20.9 Å². The average molecular weight is 378 g/mol. The molecule has 3 N–H and O–H groups in total. The van der Waals surface area contributed by atoms with Crippen LogP contribution in [0.15, 0.2) is 17.5 Å². The van der Waals surface area contributed by atoms with Crippen molar-refractivity contribution in [1.29, 1.82) is 0 Å². The van der Waals surface area contributed by atoms with Gasteiger partial charge in [-0.2, -0.15) is 13.2 Å². The summed E-state index contributed by atoms with van der Waals surface area (Å²) in [4.78, 5) is 25.7. The van der Waals surface area contributed by atoms with Gasteiger partial charge in [-0.3, -0.25) is 14.5 Å². The van der Waals surface area contributed by atoms with Gasteiger partial charge in [-0.25, -0.2) is 0 Å². The number of hydrogen-bond donors (Lipinski definition) is 3. The van der Waals surface area contributed by atoms with Gasteiger partial charge in [0.2, 0.25) is 5.91 Å². The van der Waals surface area contributed by atoms with Crippen molar-refractivity contribution < 1.29 is 22.8 Å². The van der Waals surface area contributed by atoms with E-state index in [1.54, 1.807) is 17.5 Å². The van der Waals surface area contributed by atoms with E-state index in [2.05, 4.69) is 16.0 Å². The van der Waals surface area contributed by atoms with Crippen LogP contribution in [-0.2, 0) is 4.79 Å². The molecule has 2 atom stereocenters. The molecule has 0 spiro atoms. The lowest BCUT2D eigenvalue weighted by molar-refractivity contribution is -0.184. The Morgan fingerprint density at radius 2 is 2.04 bits per heavy atom. The van der Waals surface area contributed by atoms with Gasteiger partial charge in [0.05, 0.1) is 4.88 Å². The number of hydrogen-bond acceptors (Lipinski definition) is 5. The second-order valence-electron chi connectivity index (χ2n) is 5.76. The average Bonchev–Trinajstić information content (AvgIpc) is 3.09. The number of piperazine rings is 1. The van der Waals surface area contributed by atoms with Crippen LogP contribution >= 0.6 is 11.3 Å². The maximum atomic E-state index is 13.3. The SMILES string of the molecule is CC(NC(=O)c1cccs1)C(=O)NCC(N1CCNCC1)C(F)(F)F. The highest BCUT2D eigenvalue weighted by Gasteiger charge is 2.44. The van der Waals surface area contributed by atoms with E-state index in [0.29, 0.717) is 18.0 Å². The molecule has 0 aromatic carbocycles. The second-order valence-corrected chi connectivity index (χ2v) is 6.71. The minimum absolute atomic E-state index is 0.269. The first-order valence-corrected chi connectivity index (χ1v) is 8.80. The first kappa shape index (κ1) is 19.7. The molecule has 1 aliphatic heterocycles. The molecule has 1 aromatic heterocycles. The fraction of sp³-hybridized carbons (Fsp3) is 0.600. The zero-order chi connectivity index (χ0) is 18.4. The molecule has 140 valence electrons. The summed E-state index contributed by atoms with van der Waals surface area (Å²) >= 11 is 1.22. The largest absolute Gasteiger partial charge is 0.405 e. The highest BCUT2D eigenvalue weighted by atomic mass is 32.1. The van der Waals surface area contributed by atoms with E-state index < -0.39 is 36.6 Å². The summed E-state index contributed by atoms with van der Waals surface area (Å²) in [6.45, 7) is 2.40. The van der Waals surface area contributed by atoms with Crippen molar-refractivity contribution >= 4 is 23.2 Å². The summed E-state index contributed by atoms with van der Waals surface area (Å²) in [6.07, 6.45) is -4.44. The van der Waals surface area contributed by atoms with Crippen LogP contribution in [0.5, 0.6) is 0 Å². The molecular weight excluding hydrogens is 357 g/mol. The predicted molar refractivity (Wildman–Crippen MR) is 88.5 cm³/mol. The fourth-order valence-electron chi connectivity index (χ4n) is 2.54. The molecule has 2 unspecified atom stereocenters. The van der Waals surface area contributed by atoms with Gasteiger partial charge in [-0.05, 0) is 18.4 Å². The number of carbonyl (C=O) groups is 2. The molecule has 0 aliphatic carbocycles. The van der Waals surface area contributed by atoms with Crippen molar-refractivity contribution in [3.63, 3.8) is 0 Å². The summed E-state index contributed by atoms with van der Waals surface area (Å²) in [5, 5.41) is 9.50. The van der Waals surface area contributed by atoms with Gasteiger partial charge in [0.1, 0.15) is 12.1 Å². The van der Waals surface area contributed by atoms with E-state index in [9.17, 15) is 22.8 Å². The monoisotopic (exact) mass is 378 g/mol. The summed E-state index contributed by atoms with van der Waals surface area (Å²) in [5.41, 5.74) is 0. The number of rotatable bonds is 6. The third-order valence-corrected chi connectivity index (χ3v) is 4.79. The maximum Gasteiger partial charge on any atom is 0.405 e. The summed E-state index contributed by atoms with van der Waals surface area (Å²) in [5.74, 6) is -1.07. The van der Waals surface area contributed by atoms with Crippen molar-refractivity contribution in [3.05, 3.63) is 22.4 Å². The lowest BCUT2D eigenvalue weighted by Crippen LogP contribution is -2.58. The lowest BCUT2D eigenvalue weighted by Gasteiger charge is -2.36. The molecule has 1 saturated heterocycles. The fourth-order valence-corrected chi connectivity index (χ4v) is 3.16. The van der Waals surface area contributed by atoms with Crippen molar-refractivity contribution in [2.45, 2.75) is 25.2 Å². The van der Waals surface area contributed by atoms with Crippen LogP contribution in [0.4, 0.5) is 13.2 Å². The first-order valence-electron chi connectivity index (χ1n) is 7.92. The van der Waals surface area contributed by atoms with Crippen molar-refractivity contribution in [3.8, 4) is 0 Å². The number of nitrogens with one attached hydrogen (secondary N) is 3. The second kappa shape index (κ2) is 8.63. The number of carbonyl (C=O) groups excluding carboxylic acids is 2. The predicted octanol–water partition coefficient (Wildman–Crippen LogP) is 0.819. The Hall–Kier alpha value is -1.65. The molecule has 0 saturated carbocycles. The smallest absolute Gasteiger partial charge is 0.352 e. The molecular formula is C15H21F3N4O2S. The van der Waals surface area contributed by atoms with E-state index in [1.165, 1.54) is 23.2 Å². The Morgan fingerprint density at radius 3 is 2.60 bits per heavy atom. The van der Waals surface area contributed by atoms with E-state index in [-0.39, 0.29) is 13.1 Å². The van der Waals surface area contributed by atoms with E-state index in [4.69, 9.17) is 0 Å². The highest BCUT2D eigenvalue weighted by Crippen LogP contribution is 2.24. The van der Waals surface area contributed by atoms with Crippen LogP contribution in [0, 0.1) is 0 Å². The molecule has 6 nitrogen and oxygen atoms in total. The Kier molecular flexibility index (Phi) is 6.79. The van der Waals surface area contributed by atoms with Crippen LogP contribution in [0.25, 0.3) is 0 Å². The molecule has 1 aromatic rings. The molecule has 0 bridgehead atoms. The van der Waals surface area contributed by atoms with Gasteiger partial charge in [-0.1, -0.05) is 6.07 Å². The Bertz CT molecular complexity index is 574. The van der Waals surface area contributed by atoms with Crippen LogP contribution in [-0.4, -0.2) is 67.7 Å². The summed E-state index contributed by atoms with van der Waals surface area (Å²) in [7, 11) is 0. The lowest BCUT2D eigenvalue weighted by atomic mass is 10.2. The van der Waals surface area contributed by atoms with Gasteiger partial charge >= 0.3 is 6.18 Å². The van der Waals surface area contributed by atoms with Crippen LogP contribution in [0.1, 0.15) is 16.6 Å². The summed E-state index contributed by atoms with van der Waals surface area (Å²) in [6, 6.07) is 0.644. The molecule has 25 heavy (non-hydrogen) atoms. The summed E-state index contributed by atoms with van der Waals surface area (Å²) < 4.78 is 39.8. The van der Waals surface area contributed by atoms with Crippen LogP contribution < -0.4 is 16.0 Å².